The van der Waals surface area contributed by atoms with Gasteiger partial charge in [0.2, 0.25) is 11.8 Å². The molecule has 0 aromatic carbocycles. The van der Waals surface area contributed by atoms with Gasteiger partial charge in [0.15, 0.2) is 0 Å². The van der Waals surface area contributed by atoms with Gasteiger partial charge in [-0.2, -0.15) is 0 Å². The molecule has 1 aliphatic heterocycles. The van der Waals surface area contributed by atoms with Crippen molar-refractivity contribution in [3.8, 4) is 0 Å². The number of carbonyl (C=O) groups excluding carboxylic acids is 2. The van der Waals surface area contributed by atoms with E-state index >= 15 is 0 Å². The molecule has 1 saturated heterocycles. The topological polar surface area (TPSA) is 66.6 Å². The molecule has 0 aromatic heterocycles. The summed E-state index contributed by atoms with van der Waals surface area (Å²) in [5.41, 5.74) is 4.95. The Morgan fingerprint density at radius 1 is 1.06 bits per heavy atom. The van der Waals surface area contributed by atoms with E-state index in [2.05, 4.69) is 0 Å². The lowest BCUT2D eigenvalue weighted by molar-refractivity contribution is -0.144. The number of hydrogen-bond donors (Lipinski definition) is 1. The first-order valence-electron chi connectivity index (χ1n) is 5.63. The second-order valence-corrected chi connectivity index (χ2v) is 5.13. The summed E-state index contributed by atoms with van der Waals surface area (Å²) in [5, 5.41) is 0. The van der Waals surface area contributed by atoms with Crippen LogP contribution in [0, 0.1) is 5.41 Å². The molecule has 0 saturated carbocycles. The first-order chi connectivity index (χ1) is 7.36. The fourth-order valence-corrected chi connectivity index (χ4v) is 1.76. The second kappa shape index (κ2) is 4.82. The highest BCUT2D eigenvalue weighted by Gasteiger charge is 2.30. The zero-order chi connectivity index (χ0) is 12.3. The molecule has 1 aliphatic rings. The van der Waals surface area contributed by atoms with Gasteiger partial charge >= 0.3 is 0 Å². The SMILES string of the molecule is CC(C)(C)C(=O)N1CCN(C(=O)CN)CC1. The van der Waals surface area contributed by atoms with Crippen LogP contribution in [-0.4, -0.2) is 54.3 Å². The fourth-order valence-electron chi connectivity index (χ4n) is 1.76. The molecule has 0 bridgehead atoms. The number of rotatable bonds is 1. The maximum Gasteiger partial charge on any atom is 0.236 e. The maximum absolute atomic E-state index is 12.0. The van der Waals surface area contributed by atoms with E-state index < -0.39 is 0 Å². The van der Waals surface area contributed by atoms with Gasteiger partial charge in [-0.1, -0.05) is 20.8 Å². The third-order valence-corrected chi connectivity index (χ3v) is 2.74. The molecule has 16 heavy (non-hydrogen) atoms. The number of amides is 2. The molecular weight excluding hydrogens is 206 g/mol. The van der Waals surface area contributed by atoms with Crippen LogP contribution in [0.4, 0.5) is 0 Å². The highest BCUT2D eigenvalue weighted by Crippen LogP contribution is 2.18. The van der Waals surface area contributed by atoms with E-state index in [1.165, 1.54) is 0 Å². The van der Waals surface area contributed by atoms with Crippen LogP contribution in [0.25, 0.3) is 0 Å². The monoisotopic (exact) mass is 227 g/mol. The highest BCUT2D eigenvalue weighted by atomic mass is 16.2. The minimum Gasteiger partial charge on any atom is -0.339 e. The van der Waals surface area contributed by atoms with Gasteiger partial charge in [0, 0.05) is 31.6 Å². The molecule has 0 spiro atoms. The van der Waals surface area contributed by atoms with E-state index in [-0.39, 0.29) is 23.8 Å². The zero-order valence-corrected chi connectivity index (χ0v) is 10.3. The molecule has 1 fully saturated rings. The van der Waals surface area contributed by atoms with Crippen LogP contribution in [0.5, 0.6) is 0 Å². The Morgan fingerprint density at radius 2 is 1.50 bits per heavy atom. The average Bonchev–Trinajstić information content (AvgIpc) is 2.26. The quantitative estimate of drug-likeness (QED) is 0.666. The highest BCUT2D eigenvalue weighted by molar-refractivity contribution is 5.82. The Bertz CT molecular complexity index is 275. The minimum absolute atomic E-state index is 0.0390. The number of nitrogens with zero attached hydrogens (tertiary/aromatic N) is 2. The number of carbonyl (C=O) groups is 2. The van der Waals surface area contributed by atoms with Crippen LogP contribution in [0.2, 0.25) is 0 Å². The van der Waals surface area contributed by atoms with E-state index in [1.54, 1.807) is 4.90 Å². The lowest BCUT2D eigenvalue weighted by Crippen LogP contribution is -2.54. The Kier molecular flexibility index (Phi) is 3.91. The van der Waals surface area contributed by atoms with Crippen molar-refractivity contribution in [3.63, 3.8) is 0 Å². The van der Waals surface area contributed by atoms with Gasteiger partial charge in [-0.05, 0) is 0 Å². The van der Waals surface area contributed by atoms with Crippen LogP contribution < -0.4 is 5.73 Å². The second-order valence-electron chi connectivity index (χ2n) is 5.13. The minimum atomic E-state index is -0.347. The first kappa shape index (κ1) is 13.0. The summed E-state index contributed by atoms with van der Waals surface area (Å²) >= 11 is 0. The summed E-state index contributed by atoms with van der Waals surface area (Å²) < 4.78 is 0. The van der Waals surface area contributed by atoms with Crippen LogP contribution in [0.1, 0.15) is 20.8 Å². The van der Waals surface area contributed by atoms with E-state index in [0.717, 1.165) is 0 Å². The van der Waals surface area contributed by atoms with E-state index in [0.29, 0.717) is 26.2 Å². The molecule has 2 amide bonds. The summed E-state index contributed by atoms with van der Waals surface area (Å²) in [6.07, 6.45) is 0. The molecule has 5 nitrogen and oxygen atoms in total. The third-order valence-electron chi connectivity index (χ3n) is 2.74. The Balaban J connectivity index is 2.49. The van der Waals surface area contributed by atoms with Crippen LogP contribution in [-0.2, 0) is 9.59 Å². The van der Waals surface area contributed by atoms with E-state index in [1.807, 2.05) is 25.7 Å². The van der Waals surface area contributed by atoms with Crippen molar-refractivity contribution in [2.75, 3.05) is 32.7 Å². The van der Waals surface area contributed by atoms with Crippen molar-refractivity contribution in [1.29, 1.82) is 0 Å². The normalized spacial score (nSPS) is 17.5. The molecule has 0 aromatic rings. The molecule has 2 N–H and O–H groups in total. The van der Waals surface area contributed by atoms with Crippen molar-refractivity contribution in [1.82, 2.24) is 9.80 Å². The van der Waals surface area contributed by atoms with Crippen molar-refractivity contribution < 1.29 is 9.59 Å². The predicted molar refractivity (Wildman–Crippen MR) is 61.7 cm³/mol. The molecule has 92 valence electrons. The maximum atomic E-state index is 12.0. The molecule has 1 rings (SSSR count). The molecule has 1 heterocycles. The summed E-state index contributed by atoms with van der Waals surface area (Å²) in [4.78, 5) is 26.8. The van der Waals surface area contributed by atoms with Gasteiger partial charge in [-0.15, -0.1) is 0 Å². The third kappa shape index (κ3) is 2.95. The van der Waals surface area contributed by atoms with E-state index in [9.17, 15) is 9.59 Å². The first-order valence-corrected chi connectivity index (χ1v) is 5.63. The fraction of sp³-hybridized carbons (Fsp3) is 0.818. The van der Waals surface area contributed by atoms with Crippen molar-refractivity contribution in [3.05, 3.63) is 0 Å². The molecule has 5 heteroatoms. The van der Waals surface area contributed by atoms with Crippen LogP contribution >= 0.6 is 0 Å². The summed E-state index contributed by atoms with van der Waals surface area (Å²) in [5.74, 6) is 0.107. The lowest BCUT2D eigenvalue weighted by atomic mass is 9.94. The van der Waals surface area contributed by atoms with Gasteiger partial charge in [0.1, 0.15) is 0 Å². The average molecular weight is 227 g/mol. The van der Waals surface area contributed by atoms with Crippen molar-refractivity contribution in [2.45, 2.75) is 20.8 Å². The largest absolute Gasteiger partial charge is 0.339 e. The zero-order valence-electron chi connectivity index (χ0n) is 10.3. The van der Waals surface area contributed by atoms with Gasteiger partial charge in [-0.25, -0.2) is 0 Å². The number of nitrogens with two attached hydrogens (primary N) is 1. The van der Waals surface area contributed by atoms with Gasteiger partial charge in [0.25, 0.3) is 0 Å². The molecule has 0 unspecified atom stereocenters. The number of piperazine rings is 1. The Hall–Kier alpha value is -1.10. The molecular formula is C11H21N3O2. The molecule has 0 radical (unpaired) electrons. The van der Waals surface area contributed by atoms with Gasteiger partial charge in [-0.3, -0.25) is 9.59 Å². The molecule has 0 aliphatic carbocycles. The van der Waals surface area contributed by atoms with Crippen LogP contribution in [0.15, 0.2) is 0 Å². The van der Waals surface area contributed by atoms with Crippen molar-refractivity contribution in [2.24, 2.45) is 11.1 Å². The standard InChI is InChI=1S/C11H21N3O2/c1-11(2,3)10(16)14-6-4-13(5-7-14)9(15)8-12/h4-8,12H2,1-3H3. The van der Waals surface area contributed by atoms with Gasteiger partial charge in [0.05, 0.1) is 6.54 Å². The Morgan fingerprint density at radius 3 is 1.88 bits per heavy atom. The number of hydrogen-bond acceptors (Lipinski definition) is 3. The van der Waals surface area contributed by atoms with Crippen LogP contribution in [0.3, 0.4) is 0 Å². The van der Waals surface area contributed by atoms with Gasteiger partial charge < -0.3 is 15.5 Å². The van der Waals surface area contributed by atoms with E-state index in [4.69, 9.17) is 5.73 Å². The van der Waals surface area contributed by atoms with Crippen molar-refractivity contribution >= 4 is 11.8 Å². The summed E-state index contributed by atoms with van der Waals surface area (Å²) in [6, 6.07) is 0. The predicted octanol–water partition coefficient (Wildman–Crippen LogP) is -0.338. The lowest BCUT2D eigenvalue weighted by Gasteiger charge is -2.37. The molecule has 0 atom stereocenters. The smallest absolute Gasteiger partial charge is 0.236 e. The Labute approximate surface area is 96.6 Å². The summed E-state index contributed by atoms with van der Waals surface area (Å²) in [7, 11) is 0. The summed E-state index contributed by atoms with van der Waals surface area (Å²) in [6.45, 7) is 8.19.